The van der Waals surface area contributed by atoms with Gasteiger partial charge in [0.15, 0.2) is 4.77 Å². The standard InChI is InChI=1S/C14H11ClFN3S/c1-8-3-2-4-17-12(8)7-19-13-5-9(15)10(16)6-11(13)18-14(19)20/h2-6H,7H2,1H3,(H,18,20). The summed E-state index contributed by atoms with van der Waals surface area (Å²) in [6.45, 7) is 2.51. The largest absolute Gasteiger partial charge is 0.330 e. The summed E-state index contributed by atoms with van der Waals surface area (Å²) in [5.41, 5.74) is 3.40. The van der Waals surface area contributed by atoms with Crippen molar-refractivity contribution in [3.05, 3.63) is 57.3 Å². The molecule has 0 amide bonds. The minimum Gasteiger partial charge on any atom is -0.330 e. The topological polar surface area (TPSA) is 33.6 Å². The van der Waals surface area contributed by atoms with Crippen molar-refractivity contribution in [2.75, 3.05) is 0 Å². The van der Waals surface area contributed by atoms with Gasteiger partial charge in [0, 0.05) is 12.3 Å². The Morgan fingerprint density at radius 2 is 2.25 bits per heavy atom. The van der Waals surface area contributed by atoms with Crippen LogP contribution in [0.5, 0.6) is 0 Å². The molecule has 3 nitrogen and oxygen atoms in total. The number of aromatic amines is 1. The molecule has 0 radical (unpaired) electrons. The predicted octanol–water partition coefficient (Wildman–Crippen LogP) is 4.24. The third-order valence-electron chi connectivity index (χ3n) is 3.24. The molecule has 0 unspecified atom stereocenters. The fourth-order valence-corrected chi connectivity index (χ4v) is 2.57. The molecule has 102 valence electrons. The maximum absolute atomic E-state index is 13.5. The van der Waals surface area contributed by atoms with Crippen LogP contribution in [0.1, 0.15) is 11.3 Å². The van der Waals surface area contributed by atoms with E-state index in [4.69, 9.17) is 23.8 Å². The highest BCUT2D eigenvalue weighted by Crippen LogP contribution is 2.23. The lowest BCUT2D eigenvalue weighted by molar-refractivity contribution is 0.629. The number of fused-ring (bicyclic) bond motifs is 1. The van der Waals surface area contributed by atoms with Crippen LogP contribution in [-0.4, -0.2) is 14.5 Å². The molecule has 0 saturated heterocycles. The van der Waals surface area contributed by atoms with Crippen molar-refractivity contribution in [3.63, 3.8) is 0 Å². The summed E-state index contributed by atoms with van der Waals surface area (Å²) in [6, 6.07) is 6.82. The number of hydrogen-bond acceptors (Lipinski definition) is 2. The highest BCUT2D eigenvalue weighted by Gasteiger charge is 2.10. The maximum atomic E-state index is 13.5. The highest BCUT2D eigenvalue weighted by atomic mass is 35.5. The lowest BCUT2D eigenvalue weighted by Crippen LogP contribution is -2.03. The summed E-state index contributed by atoms with van der Waals surface area (Å²) in [5, 5.41) is 0.0815. The normalized spacial score (nSPS) is 11.2. The predicted molar refractivity (Wildman–Crippen MR) is 80.2 cm³/mol. The lowest BCUT2D eigenvalue weighted by atomic mass is 10.2. The van der Waals surface area contributed by atoms with Gasteiger partial charge in [-0.15, -0.1) is 0 Å². The summed E-state index contributed by atoms with van der Waals surface area (Å²) in [7, 11) is 0. The molecule has 0 aliphatic rings. The first-order chi connectivity index (χ1) is 9.56. The number of nitrogens with one attached hydrogen (secondary N) is 1. The second-order valence-corrected chi connectivity index (χ2v) is 5.36. The Bertz CT molecular complexity index is 853. The minimum atomic E-state index is -0.461. The summed E-state index contributed by atoms with van der Waals surface area (Å²) in [5.74, 6) is -0.461. The van der Waals surface area contributed by atoms with Crippen LogP contribution in [0.25, 0.3) is 11.0 Å². The summed E-state index contributed by atoms with van der Waals surface area (Å²) < 4.78 is 15.9. The number of rotatable bonds is 2. The zero-order valence-corrected chi connectivity index (χ0v) is 12.2. The van der Waals surface area contributed by atoms with E-state index in [1.165, 1.54) is 6.07 Å². The molecule has 0 saturated carbocycles. The molecule has 3 rings (SSSR count). The van der Waals surface area contributed by atoms with Crippen LogP contribution in [0.3, 0.4) is 0 Å². The van der Waals surface area contributed by atoms with Gasteiger partial charge in [-0.25, -0.2) is 4.39 Å². The zero-order chi connectivity index (χ0) is 14.3. The molecule has 2 aromatic heterocycles. The van der Waals surface area contributed by atoms with Crippen molar-refractivity contribution < 1.29 is 4.39 Å². The maximum Gasteiger partial charge on any atom is 0.178 e. The quantitative estimate of drug-likeness (QED) is 0.718. The number of imidazole rings is 1. The number of hydrogen-bond donors (Lipinski definition) is 1. The van der Waals surface area contributed by atoms with Crippen molar-refractivity contribution in [1.29, 1.82) is 0 Å². The van der Waals surface area contributed by atoms with Crippen LogP contribution < -0.4 is 0 Å². The average molecular weight is 308 g/mol. The van der Waals surface area contributed by atoms with E-state index in [0.29, 0.717) is 16.8 Å². The molecule has 2 heterocycles. The van der Waals surface area contributed by atoms with Crippen molar-refractivity contribution >= 4 is 34.9 Å². The van der Waals surface area contributed by atoms with Crippen molar-refractivity contribution in [3.8, 4) is 0 Å². The molecule has 1 aromatic carbocycles. The van der Waals surface area contributed by atoms with Crippen LogP contribution in [0.2, 0.25) is 5.02 Å². The highest BCUT2D eigenvalue weighted by molar-refractivity contribution is 7.71. The molecule has 1 N–H and O–H groups in total. The molecule has 0 atom stereocenters. The van der Waals surface area contributed by atoms with Gasteiger partial charge in [-0.05, 0) is 36.8 Å². The van der Waals surface area contributed by atoms with Gasteiger partial charge in [0.05, 0.1) is 28.3 Å². The van der Waals surface area contributed by atoms with E-state index >= 15 is 0 Å². The fraction of sp³-hybridized carbons (Fsp3) is 0.143. The van der Waals surface area contributed by atoms with Gasteiger partial charge < -0.3 is 9.55 Å². The van der Waals surface area contributed by atoms with E-state index in [-0.39, 0.29) is 5.02 Å². The molecule has 0 aliphatic carbocycles. The Labute approximate surface area is 125 Å². The summed E-state index contributed by atoms with van der Waals surface area (Å²) >= 11 is 11.1. The van der Waals surface area contributed by atoms with Crippen LogP contribution >= 0.6 is 23.8 Å². The molecular formula is C14H11ClFN3S. The van der Waals surface area contributed by atoms with Crippen molar-refractivity contribution in [2.45, 2.75) is 13.5 Å². The van der Waals surface area contributed by atoms with Crippen molar-refractivity contribution in [1.82, 2.24) is 14.5 Å². The zero-order valence-electron chi connectivity index (χ0n) is 10.7. The second kappa shape index (κ2) is 5.00. The van der Waals surface area contributed by atoms with Gasteiger partial charge in [0.25, 0.3) is 0 Å². The van der Waals surface area contributed by atoms with E-state index in [1.807, 2.05) is 23.6 Å². The van der Waals surface area contributed by atoms with Gasteiger partial charge in [-0.1, -0.05) is 17.7 Å². The van der Waals surface area contributed by atoms with E-state index in [0.717, 1.165) is 16.8 Å². The van der Waals surface area contributed by atoms with Crippen LogP contribution in [0, 0.1) is 17.5 Å². The molecular weight excluding hydrogens is 297 g/mol. The number of aromatic nitrogens is 3. The number of pyridine rings is 1. The first-order valence-electron chi connectivity index (χ1n) is 6.04. The smallest absolute Gasteiger partial charge is 0.178 e. The molecule has 20 heavy (non-hydrogen) atoms. The van der Waals surface area contributed by atoms with Crippen LogP contribution in [0.15, 0.2) is 30.5 Å². The van der Waals surface area contributed by atoms with E-state index in [2.05, 4.69) is 9.97 Å². The number of aryl methyl sites for hydroxylation is 1. The monoisotopic (exact) mass is 307 g/mol. The van der Waals surface area contributed by atoms with Gasteiger partial charge in [0.1, 0.15) is 5.82 Å². The third-order valence-corrected chi connectivity index (χ3v) is 3.85. The lowest BCUT2D eigenvalue weighted by Gasteiger charge is -2.07. The van der Waals surface area contributed by atoms with Gasteiger partial charge in [0.2, 0.25) is 0 Å². The third kappa shape index (κ3) is 2.23. The number of nitrogens with zero attached hydrogens (tertiary/aromatic N) is 2. The average Bonchev–Trinajstić information content (AvgIpc) is 2.69. The molecule has 6 heteroatoms. The summed E-state index contributed by atoms with van der Waals surface area (Å²) in [6.07, 6.45) is 1.74. The molecule has 0 fully saturated rings. The van der Waals surface area contributed by atoms with Gasteiger partial charge >= 0.3 is 0 Å². The van der Waals surface area contributed by atoms with Crippen LogP contribution in [-0.2, 0) is 6.54 Å². The molecule has 3 aromatic rings. The molecule has 0 spiro atoms. The molecule has 0 aliphatic heterocycles. The van der Waals surface area contributed by atoms with Crippen molar-refractivity contribution in [2.24, 2.45) is 0 Å². The fourth-order valence-electron chi connectivity index (χ4n) is 2.14. The SMILES string of the molecule is Cc1cccnc1Cn1c(=S)[nH]c2cc(F)c(Cl)cc21. The Kier molecular flexibility index (Phi) is 3.31. The number of H-pyrrole nitrogens is 1. The minimum absolute atomic E-state index is 0.0815. The van der Waals surface area contributed by atoms with E-state index in [9.17, 15) is 4.39 Å². The Balaban J connectivity index is 2.17. The second-order valence-electron chi connectivity index (χ2n) is 4.57. The van der Waals surface area contributed by atoms with E-state index < -0.39 is 5.82 Å². The Morgan fingerprint density at radius 1 is 1.45 bits per heavy atom. The van der Waals surface area contributed by atoms with Gasteiger partial charge in [-0.2, -0.15) is 0 Å². The molecule has 0 bridgehead atoms. The number of benzene rings is 1. The van der Waals surface area contributed by atoms with E-state index in [1.54, 1.807) is 12.3 Å². The number of halogens is 2. The van der Waals surface area contributed by atoms with Gasteiger partial charge in [-0.3, -0.25) is 4.98 Å². The Hall–Kier alpha value is -1.72. The Morgan fingerprint density at radius 3 is 3.00 bits per heavy atom. The first kappa shape index (κ1) is 13.3. The summed E-state index contributed by atoms with van der Waals surface area (Å²) in [4.78, 5) is 7.34. The van der Waals surface area contributed by atoms with Crippen LogP contribution in [0.4, 0.5) is 4.39 Å². The first-order valence-corrected chi connectivity index (χ1v) is 6.83.